The number of benzene rings is 2. The van der Waals surface area contributed by atoms with E-state index >= 15 is 0 Å². The fraction of sp³-hybridized carbons (Fsp3) is 0.261. The smallest absolute Gasteiger partial charge is 0.255 e. The molecule has 2 amide bonds. The third-order valence-electron chi connectivity index (χ3n) is 4.86. The van der Waals surface area contributed by atoms with Gasteiger partial charge in [-0.25, -0.2) is 0 Å². The number of rotatable bonds is 4. The van der Waals surface area contributed by atoms with Crippen molar-refractivity contribution in [1.82, 2.24) is 9.88 Å². The third-order valence-corrected chi connectivity index (χ3v) is 4.86. The summed E-state index contributed by atoms with van der Waals surface area (Å²) in [7, 11) is 1.63. The summed E-state index contributed by atoms with van der Waals surface area (Å²) in [6, 6.07) is 13.7. The number of amides is 2. The Kier molecular flexibility index (Phi) is 5.45. The number of likely N-dealkylation sites (N-methyl/N-ethyl adjacent to an activating group) is 1. The number of hydrogen-bond donors (Lipinski definition) is 1. The van der Waals surface area contributed by atoms with Crippen LogP contribution in [0, 0.1) is 27.7 Å². The number of nitrogens with zero attached hydrogens (tertiary/aromatic N) is 2. The van der Waals surface area contributed by atoms with E-state index in [0.29, 0.717) is 11.3 Å². The number of anilines is 1. The van der Waals surface area contributed by atoms with Crippen molar-refractivity contribution in [3.63, 3.8) is 0 Å². The Bertz CT molecular complexity index is 1050. The zero-order valence-corrected chi connectivity index (χ0v) is 17.0. The molecule has 2 aromatic carbocycles. The number of carbonyl (C=O) groups excluding carboxylic acids is 2. The summed E-state index contributed by atoms with van der Waals surface area (Å²) in [5.74, 6) is -0.444. The Morgan fingerprint density at radius 2 is 1.68 bits per heavy atom. The Hall–Kier alpha value is -3.21. The van der Waals surface area contributed by atoms with Crippen molar-refractivity contribution in [1.29, 1.82) is 0 Å². The van der Waals surface area contributed by atoms with Gasteiger partial charge in [0.25, 0.3) is 5.91 Å². The van der Waals surface area contributed by atoms with E-state index in [-0.39, 0.29) is 18.4 Å². The Balaban J connectivity index is 1.78. The van der Waals surface area contributed by atoms with E-state index in [1.54, 1.807) is 7.05 Å². The molecule has 3 rings (SSSR count). The summed E-state index contributed by atoms with van der Waals surface area (Å²) in [5, 5.41) is 3.84. The predicted molar refractivity (Wildman–Crippen MR) is 113 cm³/mol. The molecule has 0 fully saturated rings. The van der Waals surface area contributed by atoms with Crippen molar-refractivity contribution < 1.29 is 9.59 Å². The quantitative estimate of drug-likeness (QED) is 0.744. The summed E-state index contributed by atoms with van der Waals surface area (Å²) in [5.41, 5.74) is 5.92. The average molecular weight is 375 g/mol. The van der Waals surface area contributed by atoms with Crippen molar-refractivity contribution in [2.45, 2.75) is 27.7 Å². The summed E-state index contributed by atoms with van der Waals surface area (Å²) < 4.78 is 0. The number of carbonyl (C=O) groups is 2. The highest BCUT2D eigenvalue weighted by Gasteiger charge is 2.19. The molecule has 5 heteroatoms. The highest BCUT2D eigenvalue weighted by Crippen LogP contribution is 2.21. The second kappa shape index (κ2) is 7.80. The van der Waals surface area contributed by atoms with E-state index in [9.17, 15) is 9.59 Å². The fourth-order valence-electron chi connectivity index (χ4n) is 3.29. The van der Waals surface area contributed by atoms with Gasteiger partial charge in [0.15, 0.2) is 0 Å². The molecule has 1 aromatic heterocycles. The maximum Gasteiger partial charge on any atom is 0.255 e. The minimum absolute atomic E-state index is 0.0299. The molecular weight excluding hydrogens is 350 g/mol. The number of aryl methyl sites for hydroxylation is 4. The van der Waals surface area contributed by atoms with Crippen LogP contribution in [0.15, 0.2) is 42.5 Å². The van der Waals surface area contributed by atoms with Gasteiger partial charge in [-0.15, -0.1) is 0 Å². The van der Waals surface area contributed by atoms with Crippen molar-refractivity contribution >= 4 is 28.4 Å². The Labute approximate surface area is 165 Å². The normalized spacial score (nSPS) is 10.8. The van der Waals surface area contributed by atoms with Crippen molar-refractivity contribution in [3.05, 3.63) is 70.4 Å². The maximum atomic E-state index is 12.9. The molecule has 5 nitrogen and oxygen atoms in total. The van der Waals surface area contributed by atoms with Crippen LogP contribution in [0.1, 0.15) is 32.7 Å². The van der Waals surface area contributed by atoms with Crippen LogP contribution in [0.3, 0.4) is 0 Å². The number of pyridine rings is 1. The Morgan fingerprint density at radius 1 is 1.00 bits per heavy atom. The minimum Gasteiger partial charge on any atom is -0.332 e. The monoisotopic (exact) mass is 375 g/mol. The summed E-state index contributed by atoms with van der Waals surface area (Å²) in [6.07, 6.45) is 0. The van der Waals surface area contributed by atoms with E-state index in [1.807, 2.05) is 70.2 Å². The molecule has 1 N–H and O–H groups in total. The van der Waals surface area contributed by atoms with Gasteiger partial charge in [-0.1, -0.05) is 29.8 Å². The molecule has 0 saturated heterocycles. The van der Waals surface area contributed by atoms with Crippen molar-refractivity contribution in [2.24, 2.45) is 0 Å². The van der Waals surface area contributed by atoms with Gasteiger partial charge in [-0.05, 0) is 57.0 Å². The van der Waals surface area contributed by atoms with Gasteiger partial charge < -0.3 is 10.2 Å². The lowest BCUT2D eigenvalue weighted by Crippen LogP contribution is -2.35. The largest absolute Gasteiger partial charge is 0.332 e. The average Bonchev–Trinajstić information content (AvgIpc) is 2.64. The zero-order chi connectivity index (χ0) is 20.4. The zero-order valence-electron chi connectivity index (χ0n) is 17.0. The number of aromatic nitrogens is 1. The van der Waals surface area contributed by atoms with E-state index < -0.39 is 0 Å². The topological polar surface area (TPSA) is 62.3 Å². The van der Waals surface area contributed by atoms with E-state index in [0.717, 1.165) is 33.3 Å². The highest BCUT2D eigenvalue weighted by atomic mass is 16.2. The lowest BCUT2D eigenvalue weighted by atomic mass is 10.1. The number of hydrogen-bond acceptors (Lipinski definition) is 3. The second-order valence-corrected chi connectivity index (χ2v) is 7.29. The molecule has 28 heavy (non-hydrogen) atoms. The van der Waals surface area contributed by atoms with Gasteiger partial charge in [0, 0.05) is 18.1 Å². The fourth-order valence-corrected chi connectivity index (χ4v) is 3.29. The van der Waals surface area contributed by atoms with Crippen LogP contribution in [0.25, 0.3) is 10.9 Å². The van der Waals surface area contributed by atoms with Gasteiger partial charge in [0.2, 0.25) is 5.91 Å². The molecule has 0 saturated carbocycles. The Morgan fingerprint density at radius 3 is 2.36 bits per heavy atom. The van der Waals surface area contributed by atoms with Crippen LogP contribution in [0.5, 0.6) is 0 Å². The molecule has 144 valence electrons. The first-order valence-electron chi connectivity index (χ1n) is 9.26. The second-order valence-electron chi connectivity index (χ2n) is 7.29. The highest BCUT2D eigenvalue weighted by molar-refractivity contribution is 6.02. The first-order valence-corrected chi connectivity index (χ1v) is 9.26. The first kappa shape index (κ1) is 19.5. The minimum atomic E-state index is -0.226. The lowest BCUT2D eigenvalue weighted by molar-refractivity contribution is -0.116. The van der Waals surface area contributed by atoms with Crippen LogP contribution >= 0.6 is 0 Å². The van der Waals surface area contributed by atoms with Crippen LogP contribution in [0.2, 0.25) is 0 Å². The van der Waals surface area contributed by atoms with E-state index in [4.69, 9.17) is 0 Å². The molecule has 0 atom stereocenters. The molecule has 0 aliphatic rings. The van der Waals surface area contributed by atoms with Gasteiger partial charge in [0.1, 0.15) is 0 Å². The SMILES string of the molecule is Cc1ccc2nc(C)c(C(=O)N(C)CC(=O)Nc3c(C)cccc3C)cc2c1. The van der Waals surface area contributed by atoms with Crippen LogP contribution in [0.4, 0.5) is 5.69 Å². The van der Waals surface area contributed by atoms with Gasteiger partial charge in [-0.3, -0.25) is 14.6 Å². The molecule has 0 spiro atoms. The van der Waals surface area contributed by atoms with Crippen molar-refractivity contribution in [2.75, 3.05) is 18.9 Å². The standard InChI is InChI=1S/C23H25N3O2/c1-14-9-10-20-18(11-14)12-19(17(4)24-20)23(28)26(5)13-21(27)25-22-15(2)7-6-8-16(22)3/h6-12H,13H2,1-5H3,(H,25,27). The molecule has 0 aliphatic heterocycles. The van der Waals surface area contributed by atoms with Gasteiger partial charge in [-0.2, -0.15) is 0 Å². The van der Waals surface area contributed by atoms with Gasteiger partial charge >= 0.3 is 0 Å². The summed E-state index contributed by atoms with van der Waals surface area (Å²) in [4.78, 5) is 31.4. The van der Waals surface area contributed by atoms with Crippen molar-refractivity contribution in [3.8, 4) is 0 Å². The maximum absolute atomic E-state index is 12.9. The molecule has 0 unspecified atom stereocenters. The lowest BCUT2D eigenvalue weighted by Gasteiger charge is -2.19. The van der Waals surface area contributed by atoms with Crippen LogP contribution < -0.4 is 5.32 Å². The predicted octanol–water partition coefficient (Wildman–Crippen LogP) is 4.18. The third kappa shape index (κ3) is 4.03. The van der Waals surface area contributed by atoms with Gasteiger partial charge in [0.05, 0.1) is 23.3 Å². The molecule has 1 heterocycles. The summed E-state index contributed by atoms with van der Waals surface area (Å²) in [6.45, 7) is 7.69. The molecule has 0 radical (unpaired) electrons. The summed E-state index contributed by atoms with van der Waals surface area (Å²) >= 11 is 0. The van der Waals surface area contributed by atoms with E-state index in [2.05, 4.69) is 10.3 Å². The molecule has 3 aromatic rings. The molecule has 0 aliphatic carbocycles. The van der Waals surface area contributed by atoms with Crippen LogP contribution in [-0.2, 0) is 4.79 Å². The number of para-hydroxylation sites is 1. The van der Waals surface area contributed by atoms with Crippen LogP contribution in [-0.4, -0.2) is 35.3 Å². The first-order chi connectivity index (χ1) is 13.3. The molecule has 0 bridgehead atoms. The number of fused-ring (bicyclic) bond motifs is 1. The molecular formula is C23H25N3O2. The van der Waals surface area contributed by atoms with E-state index in [1.165, 1.54) is 4.90 Å². The number of nitrogens with one attached hydrogen (secondary N) is 1.